The van der Waals surface area contributed by atoms with Crippen molar-refractivity contribution in [2.24, 2.45) is 4.99 Å². The van der Waals surface area contributed by atoms with Crippen molar-refractivity contribution in [3.8, 4) is 0 Å². The lowest BCUT2D eigenvalue weighted by Crippen LogP contribution is -2.37. The highest BCUT2D eigenvalue weighted by Gasteiger charge is 2.34. The maximum absolute atomic E-state index is 12.3. The number of thiazole rings is 1. The van der Waals surface area contributed by atoms with Crippen LogP contribution in [0.2, 0.25) is 0 Å². The maximum Gasteiger partial charge on any atom is 0.261 e. The third-order valence-electron chi connectivity index (χ3n) is 4.68. The number of guanidine groups is 1. The highest BCUT2D eigenvalue weighted by Crippen LogP contribution is 2.22. The molecular weight excluding hydrogens is 501 g/mol. The quantitative estimate of drug-likeness (QED) is 0.190. The van der Waals surface area contributed by atoms with Gasteiger partial charge in [-0.2, -0.15) is 0 Å². The second kappa shape index (κ2) is 10.7. The molecule has 0 spiro atoms. The minimum Gasteiger partial charge on any atom is -0.356 e. The molecule has 29 heavy (non-hydrogen) atoms. The number of carbonyl (C=O) groups excluding carboxylic acids is 2. The van der Waals surface area contributed by atoms with Gasteiger partial charge in [0.1, 0.15) is 5.01 Å². The van der Waals surface area contributed by atoms with E-state index in [9.17, 15) is 9.59 Å². The molecule has 7 nitrogen and oxygen atoms in total. The van der Waals surface area contributed by atoms with Gasteiger partial charge in [0, 0.05) is 25.0 Å². The number of fused-ring (bicyclic) bond motifs is 1. The Labute approximate surface area is 192 Å². The summed E-state index contributed by atoms with van der Waals surface area (Å²) in [6.07, 6.45) is 1.56. The molecule has 0 atom stereocenters. The van der Waals surface area contributed by atoms with Crippen LogP contribution in [0.4, 0.5) is 0 Å². The SMILES string of the molecule is CN=C(NCCCCN1C(=O)c2ccccc2C1=O)NCc1nc(C)c(C)s1.I. The first-order valence-corrected chi connectivity index (χ1v) is 10.2. The number of rotatable bonds is 7. The number of nitrogens with zero attached hydrogens (tertiary/aromatic N) is 3. The standard InChI is InChI=1S/C20H25N5O2S.HI/c1-13-14(2)28-17(24-13)12-23-20(21-3)22-10-6-7-11-25-18(26)15-8-4-5-9-16(15)19(25)27;/h4-5,8-9H,6-7,10-12H2,1-3H3,(H2,21,22,23);1H. The molecule has 0 saturated heterocycles. The first-order chi connectivity index (χ1) is 13.5. The van der Waals surface area contributed by atoms with Gasteiger partial charge in [-0.05, 0) is 38.8 Å². The number of carbonyl (C=O) groups is 2. The molecule has 1 aliphatic heterocycles. The fraction of sp³-hybridized carbons (Fsp3) is 0.400. The van der Waals surface area contributed by atoms with Gasteiger partial charge in [0.25, 0.3) is 11.8 Å². The number of imide groups is 1. The van der Waals surface area contributed by atoms with Crippen molar-refractivity contribution >= 4 is 53.1 Å². The molecule has 0 fully saturated rings. The number of hydrogen-bond acceptors (Lipinski definition) is 5. The molecule has 0 saturated carbocycles. The fourth-order valence-electron chi connectivity index (χ4n) is 3.04. The third-order valence-corrected chi connectivity index (χ3v) is 5.76. The Hall–Kier alpha value is -2.01. The first kappa shape index (κ1) is 23.3. The Kier molecular flexibility index (Phi) is 8.57. The van der Waals surface area contributed by atoms with Crippen LogP contribution in [0.3, 0.4) is 0 Å². The monoisotopic (exact) mass is 527 g/mol. The summed E-state index contributed by atoms with van der Waals surface area (Å²) >= 11 is 1.68. The molecule has 2 aromatic rings. The van der Waals surface area contributed by atoms with E-state index in [0.717, 1.165) is 23.5 Å². The minimum absolute atomic E-state index is 0. The molecule has 0 bridgehead atoms. The summed E-state index contributed by atoms with van der Waals surface area (Å²) in [5, 5.41) is 7.54. The van der Waals surface area contributed by atoms with Crippen molar-refractivity contribution < 1.29 is 9.59 Å². The van der Waals surface area contributed by atoms with Gasteiger partial charge in [0.05, 0.1) is 23.4 Å². The zero-order valence-electron chi connectivity index (χ0n) is 16.8. The van der Waals surface area contributed by atoms with Crippen LogP contribution in [0.1, 0.15) is 49.1 Å². The van der Waals surface area contributed by atoms with Crippen molar-refractivity contribution in [1.82, 2.24) is 20.5 Å². The van der Waals surface area contributed by atoms with E-state index < -0.39 is 0 Å². The molecule has 3 rings (SSSR count). The smallest absolute Gasteiger partial charge is 0.261 e. The number of nitrogens with one attached hydrogen (secondary N) is 2. The molecule has 9 heteroatoms. The van der Waals surface area contributed by atoms with Gasteiger partial charge in [0.15, 0.2) is 5.96 Å². The minimum atomic E-state index is -0.194. The summed E-state index contributed by atoms with van der Waals surface area (Å²) in [5.41, 5.74) is 2.07. The van der Waals surface area contributed by atoms with Crippen molar-refractivity contribution in [3.63, 3.8) is 0 Å². The number of halogens is 1. The molecule has 156 valence electrons. The molecule has 2 heterocycles. The van der Waals surface area contributed by atoms with E-state index in [-0.39, 0.29) is 35.8 Å². The van der Waals surface area contributed by atoms with Gasteiger partial charge in [0.2, 0.25) is 0 Å². The molecule has 0 radical (unpaired) electrons. The fourth-order valence-corrected chi connectivity index (χ4v) is 3.91. The van der Waals surface area contributed by atoms with E-state index in [1.165, 1.54) is 9.78 Å². The zero-order valence-corrected chi connectivity index (χ0v) is 20.0. The number of aryl methyl sites for hydroxylation is 2. The number of hydrogen-bond donors (Lipinski definition) is 2. The van der Waals surface area contributed by atoms with Crippen LogP contribution in [0.5, 0.6) is 0 Å². The summed E-state index contributed by atoms with van der Waals surface area (Å²) in [4.78, 5) is 35.9. The van der Waals surface area contributed by atoms with E-state index in [0.29, 0.717) is 36.7 Å². The van der Waals surface area contributed by atoms with Gasteiger partial charge in [-0.25, -0.2) is 4.98 Å². The molecule has 2 N–H and O–H groups in total. The van der Waals surface area contributed by atoms with Crippen molar-refractivity contribution in [2.45, 2.75) is 33.2 Å². The number of aromatic nitrogens is 1. The summed E-state index contributed by atoms with van der Waals surface area (Å²) in [6.45, 7) is 5.85. The lowest BCUT2D eigenvalue weighted by molar-refractivity contribution is 0.0652. The van der Waals surface area contributed by atoms with Gasteiger partial charge < -0.3 is 10.6 Å². The second-order valence-electron chi connectivity index (χ2n) is 6.62. The Morgan fingerprint density at radius 1 is 1.10 bits per heavy atom. The largest absolute Gasteiger partial charge is 0.356 e. The normalized spacial score (nSPS) is 13.3. The average molecular weight is 527 g/mol. The van der Waals surface area contributed by atoms with Crippen molar-refractivity contribution in [2.75, 3.05) is 20.1 Å². The highest BCUT2D eigenvalue weighted by molar-refractivity contribution is 14.0. The topological polar surface area (TPSA) is 86.7 Å². The van der Waals surface area contributed by atoms with Crippen LogP contribution < -0.4 is 10.6 Å². The summed E-state index contributed by atoms with van der Waals surface area (Å²) in [5.74, 6) is 0.325. The van der Waals surface area contributed by atoms with Crippen LogP contribution in [0.25, 0.3) is 0 Å². The molecule has 0 aliphatic carbocycles. The van der Waals surface area contributed by atoms with Crippen LogP contribution >= 0.6 is 35.3 Å². The predicted octanol–water partition coefficient (Wildman–Crippen LogP) is 3.12. The van der Waals surface area contributed by atoms with E-state index in [1.807, 2.05) is 6.92 Å². The first-order valence-electron chi connectivity index (χ1n) is 9.34. The molecule has 1 aliphatic rings. The van der Waals surface area contributed by atoms with Gasteiger partial charge in [-0.3, -0.25) is 19.5 Å². The van der Waals surface area contributed by atoms with Crippen molar-refractivity contribution in [3.05, 3.63) is 51.0 Å². The lowest BCUT2D eigenvalue weighted by atomic mass is 10.1. The van der Waals surface area contributed by atoms with Crippen LogP contribution in [-0.4, -0.2) is 47.8 Å². The molecule has 1 aromatic heterocycles. The third kappa shape index (κ3) is 5.53. The average Bonchev–Trinajstić information content (AvgIpc) is 3.15. The predicted molar refractivity (Wildman–Crippen MR) is 126 cm³/mol. The number of unbranched alkanes of at least 4 members (excludes halogenated alkanes) is 1. The Morgan fingerprint density at radius 3 is 2.31 bits per heavy atom. The van der Waals surface area contributed by atoms with Crippen LogP contribution in [0, 0.1) is 13.8 Å². The number of benzene rings is 1. The molecule has 1 aromatic carbocycles. The van der Waals surface area contributed by atoms with Crippen LogP contribution in [0.15, 0.2) is 29.3 Å². The molecular formula is C20H26IN5O2S. The molecule has 0 unspecified atom stereocenters. The zero-order chi connectivity index (χ0) is 20.1. The molecule has 2 amide bonds. The summed E-state index contributed by atoms with van der Waals surface area (Å²) < 4.78 is 0. The van der Waals surface area contributed by atoms with E-state index in [2.05, 4.69) is 27.5 Å². The van der Waals surface area contributed by atoms with E-state index >= 15 is 0 Å². The van der Waals surface area contributed by atoms with Gasteiger partial charge in [-0.15, -0.1) is 35.3 Å². The van der Waals surface area contributed by atoms with Gasteiger partial charge in [-0.1, -0.05) is 12.1 Å². The Balaban J connectivity index is 0.00000300. The number of aliphatic imine (C=N–C) groups is 1. The van der Waals surface area contributed by atoms with Gasteiger partial charge >= 0.3 is 0 Å². The van der Waals surface area contributed by atoms with E-state index in [4.69, 9.17) is 0 Å². The summed E-state index contributed by atoms with van der Waals surface area (Å²) in [6, 6.07) is 6.98. The lowest BCUT2D eigenvalue weighted by Gasteiger charge is -2.14. The second-order valence-corrected chi connectivity index (χ2v) is 7.90. The number of amides is 2. The Bertz CT molecular complexity index is 858. The Morgan fingerprint density at radius 2 is 1.76 bits per heavy atom. The maximum atomic E-state index is 12.3. The van der Waals surface area contributed by atoms with E-state index in [1.54, 1.807) is 42.6 Å². The van der Waals surface area contributed by atoms with Crippen LogP contribution in [-0.2, 0) is 6.54 Å². The summed E-state index contributed by atoms with van der Waals surface area (Å²) in [7, 11) is 1.73. The van der Waals surface area contributed by atoms with Crippen molar-refractivity contribution in [1.29, 1.82) is 0 Å². The highest BCUT2D eigenvalue weighted by atomic mass is 127.